The molecule has 296 valence electrons. The highest BCUT2D eigenvalue weighted by molar-refractivity contribution is 7.19. The molecule has 5 aromatic rings. The minimum Gasteiger partial charge on any atom is -0.368 e. The average Bonchev–Trinajstić information content (AvgIpc) is 3.96. The summed E-state index contributed by atoms with van der Waals surface area (Å²) in [6.45, 7) is 1.86. The highest BCUT2D eigenvalue weighted by atomic mass is 32.1. The lowest BCUT2D eigenvalue weighted by Gasteiger charge is -2.27. The number of fused-ring (bicyclic) bond motifs is 2. The van der Waals surface area contributed by atoms with E-state index in [0.29, 0.717) is 57.4 Å². The number of thiazole rings is 1. The lowest BCUT2D eigenvalue weighted by Crippen LogP contribution is -2.59. The predicted octanol–water partition coefficient (Wildman–Crippen LogP) is 3.15. The number of hydrogen-bond donors (Lipinski definition) is 7. The van der Waals surface area contributed by atoms with Crippen LogP contribution in [0.1, 0.15) is 47.6 Å². The summed E-state index contributed by atoms with van der Waals surface area (Å²) in [4.78, 5) is 74.7. The van der Waals surface area contributed by atoms with E-state index in [-0.39, 0.29) is 31.1 Å². The topological polar surface area (TPSA) is 210 Å². The highest BCUT2D eigenvalue weighted by Crippen LogP contribution is 2.28. The van der Waals surface area contributed by atoms with Gasteiger partial charge >= 0.3 is 0 Å². The Morgan fingerprint density at radius 3 is 1.79 bits per heavy atom. The van der Waals surface area contributed by atoms with Crippen LogP contribution in [0.2, 0.25) is 0 Å². The zero-order chi connectivity index (χ0) is 39.4. The third kappa shape index (κ3) is 11.2. The summed E-state index contributed by atoms with van der Waals surface area (Å²) in [5, 5.41) is 18.7. The molecule has 4 heterocycles. The van der Waals surface area contributed by atoms with E-state index >= 15 is 0 Å². The summed E-state index contributed by atoms with van der Waals surface area (Å²) < 4.78 is 2.09. The van der Waals surface area contributed by atoms with Crippen LogP contribution in [0.5, 0.6) is 0 Å². The minimum absolute atomic E-state index is 0.0414. The standard InChI is InChI=1S/C40H48N8O5S3/c41-14-6-5-9-30(36(42)49)45-38(51)31(19-27-22-54-23-44-27)47-40(53)33(21-29-18-26-8-2-4-11-35(26)56-29)48-39(52)32(46-37(50)24-12-15-43-16-13-24)20-28-17-25-7-1-3-10-34(25)55-28/h1-4,7-8,10-11,17-18,22-24,30-33,43H,5-6,9,12-16,19-21,41H2,(H2,42,49)(H,45,51)(H,46,50)(H,47,53)(H,48,52)/t30-,31-,32+,33+/m0/s1. The third-order valence-electron chi connectivity index (χ3n) is 9.88. The van der Waals surface area contributed by atoms with Crippen molar-refractivity contribution in [3.63, 3.8) is 0 Å². The second-order valence-electron chi connectivity index (χ2n) is 14.0. The molecule has 9 N–H and O–H groups in total. The van der Waals surface area contributed by atoms with E-state index in [1.54, 1.807) is 22.2 Å². The Bertz CT molecular complexity index is 2050. The second-order valence-corrected chi connectivity index (χ2v) is 17.1. The number of nitrogens with zero attached hydrogens (tertiary/aromatic N) is 1. The predicted molar refractivity (Wildman–Crippen MR) is 222 cm³/mol. The molecule has 3 aromatic heterocycles. The molecule has 1 aliphatic heterocycles. The number of hydrogen-bond acceptors (Lipinski definition) is 11. The van der Waals surface area contributed by atoms with Crippen molar-refractivity contribution in [1.29, 1.82) is 0 Å². The lowest BCUT2D eigenvalue weighted by atomic mass is 9.96. The first-order valence-electron chi connectivity index (χ1n) is 18.9. The number of amides is 5. The van der Waals surface area contributed by atoms with E-state index < -0.39 is 47.8 Å². The van der Waals surface area contributed by atoms with Crippen LogP contribution in [0.15, 0.2) is 71.6 Å². The van der Waals surface area contributed by atoms with Gasteiger partial charge < -0.3 is 38.1 Å². The van der Waals surface area contributed by atoms with Gasteiger partial charge in [-0.3, -0.25) is 24.0 Å². The number of primary amides is 1. The van der Waals surface area contributed by atoms with Crippen LogP contribution in [-0.2, 0) is 43.2 Å². The number of piperidine rings is 1. The number of benzene rings is 2. The Hall–Kier alpha value is -4.74. The van der Waals surface area contributed by atoms with Crippen molar-refractivity contribution >= 4 is 83.7 Å². The quantitative estimate of drug-likeness (QED) is 0.0615. The molecule has 4 atom stereocenters. The van der Waals surface area contributed by atoms with Crippen LogP contribution in [0.3, 0.4) is 0 Å². The zero-order valence-corrected chi connectivity index (χ0v) is 33.4. The van der Waals surface area contributed by atoms with Crippen molar-refractivity contribution in [3.05, 3.63) is 87.0 Å². The average molecular weight is 817 g/mol. The van der Waals surface area contributed by atoms with Crippen LogP contribution in [-0.4, -0.2) is 78.3 Å². The summed E-state index contributed by atoms with van der Waals surface area (Å²) in [5.74, 6) is -2.85. The van der Waals surface area contributed by atoms with Gasteiger partial charge in [0.1, 0.15) is 24.2 Å². The molecule has 0 aliphatic carbocycles. The van der Waals surface area contributed by atoms with Gasteiger partial charge in [0.2, 0.25) is 29.5 Å². The van der Waals surface area contributed by atoms with E-state index in [0.717, 1.165) is 29.9 Å². The Morgan fingerprint density at radius 1 is 0.732 bits per heavy atom. The molecule has 0 radical (unpaired) electrons. The van der Waals surface area contributed by atoms with E-state index in [2.05, 4.69) is 31.6 Å². The maximum atomic E-state index is 14.4. The molecule has 13 nitrogen and oxygen atoms in total. The summed E-state index contributed by atoms with van der Waals surface area (Å²) in [7, 11) is 0. The van der Waals surface area contributed by atoms with Gasteiger partial charge in [-0.1, -0.05) is 36.4 Å². The van der Waals surface area contributed by atoms with Gasteiger partial charge in [0, 0.05) is 49.7 Å². The molecule has 6 rings (SSSR count). The lowest BCUT2D eigenvalue weighted by molar-refractivity contribution is -0.135. The van der Waals surface area contributed by atoms with Crippen LogP contribution in [0, 0.1) is 5.92 Å². The summed E-state index contributed by atoms with van der Waals surface area (Å²) in [5.41, 5.74) is 13.5. The molecular weight excluding hydrogens is 769 g/mol. The van der Waals surface area contributed by atoms with Crippen LogP contribution < -0.4 is 38.1 Å². The second kappa shape index (κ2) is 19.9. The van der Waals surface area contributed by atoms with E-state index in [1.807, 2.05) is 60.7 Å². The normalized spacial score (nSPS) is 15.4. The Balaban J connectivity index is 1.27. The number of carbonyl (C=O) groups is 5. The van der Waals surface area contributed by atoms with Gasteiger partial charge in [-0.15, -0.1) is 34.0 Å². The third-order valence-corrected chi connectivity index (χ3v) is 12.8. The van der Waals surface area contributed by atoms with Crippen LogP contribution in [0.25, 0.3) is 20.2 Å². The largest absolute Gasteiger partial charge is 0.368 e. The highest BCUT2D eigenvalue weighted by Gasteiger charge is 2.33. The van der Waals surface area contributed by atoms with Crippen molar-refractivity contribution in [2.75, 3.05) is 19.6 Å². The van der Waals surface area contributed by atoms with Gasteiger partial charge in [0.05, 0.1) is 11.2 Å². The van der Waals surface area contributed by atoms with Crippen molar-refractivity contribution < 1.29 is 24.0 Å². The first-order chi connectivity index (χ1) is 27.2. The van der Waals surface area contributed by atoms with Crippen molar-refractivity contribution in [1.82, 2.24) is 31.6 Å². The minimum atomic E-state index is -1.14. The molecule has 0 saturated carbocycles. The number of nitrogens with one attached hydrogen (secondary N) is 5. The number of thiophene rings is 2. The van der Waals surface area contributed by atoms with Gasteiger partial charge in [-0.2, -0.15) is 0 Å². The van der Waals surface area contributed by atoms with Gasteiger partial charge in [-0.05, 0) is 86.8 Å². The molecule has 0 spiro atoms. The monoisotopic (exact) mass is 816 g/mol. The fourth-order valence-corrected chi connectivity index (χ4v) is 9.61. The van der Waals surface area contributed by atoms with Crippen molar-refractivity contribution in [2.24, 2.45) is 17.4 Å². The van der Waals surface area contributed by atoms with Crippen molar-refractivity contribution in [2.45, 2.75) is 75.5 Å². The maximum Gasteiger partial charge on any atom is 0.243 e. The molecular formula is C40H48N8O5S3. The van der Waals surface area contributed by atoms with Gasteiger partial charge in [0.15, 0.2) is 0 Å². The molecule has 0 bridgehead atoms. The van der Waals surface area contributed by atoms with Crippen molar-refractivity contribution in [3.8, 4) is 0 Å². The number of unbranched alkanes of at least 4 members (excludes halogenated alkanes) is 1. The first kappa shape index (κ1) is 40.9. The van der Waals surface area contributed by atoms with Gasteiger partial charge in [-0.25, -0.2) is 4.98 Å². The smallest absolute Gasteiger partial charge is 0.243 e. The van der Waals surface area contributed by atoms with E-state index in [4.69, 9.17) is 11.5 Å². The summed E-state index contributed by atoms with van der Waals surface area (Å²) in [6.07, 6.45) is 3.24. The molecule has 1 fully saturated rings. The molecule has 56 heavy (non-hydrogen) atoms. The van der Waals surface area contributed by atoms with Crippen LogP contribution >= 0.6 is 34.0 Å². The summed E-state index contributed by atoms with van der Waals surface area (Å²) >= 11 is 4.41. The fraction of sp³-hybridized carbons (Fsp3) is 0.400. The Labute approximate surface area is 337 Å². The number of carbonyl (C=O) groups excluding carboxylic acids is 5. The SMILES string of the molecule is NCCCC[C@H](NC(=O)[C@H](Cc1cscn1)NC(=O)[C@@H](Cc1cc2ccccc2s1)NC(=O)[C@@H](Cc1cc2ccccc2s1)NC(=O)C1CCNCC1)C(N)=O. The number of aromatic nitrogens is 1. The van der Waals surface area contributed by atoms with Crippen LogP contribution in [0.4, 0.5) is 0 Å². The molecule has 5 amide bonds. The molecule has 1 aliphatic rings. The molecule has 2 aromatic carbocycles. The summed E-state index contributed by atoms with van der Waals surface area (Å²) in [6, 6.07) is 15.6. The molecule has 16 heteroatoms. The van der Waals surface area contributed by atoms with E-state index in [1.165, 1.54) is 22.7 Å². The van der Waals surface area contributed by atoms with Gasteiger partial charge in [0.25, 0.3) is 0 Å². The number of nitrogens with two attached hydrogens (primary N) is 2. The first-order valence-corrected chi connectivity index (χ1v) is 21.5. The van der Waals surface area contributed by atoms with E-state index in [9.17, 15) is 24.0 Å². The fourth-order valence-electron chi connectivity index (χ4n) is 6.82. The zero-order valence-electron chi connectivity index (χ0n) is 31.0. The molecule has 1 saturated heterocycles. The Kier molecular flexibility index (Phi) is 14.5. The molecule has 0 unspecified atom stereocenters. The number of rotatable bonds is 19. The maximum absolute atomic E-state index is 14.4. The Morgan fingerprint density at radius 2 is 1.27 bits per heavy atom.